The van der Waals surface area contributed by atoms with Crippen molar-refractivity contribution in [3.8, 4) is 0 Å². The Morgan fingerprint density at radius 3 is 2.20 bits per heavy atom. The minimum Gasteiger partial charge on any atom is -0.452 e. The lowest BCUT2D eigenvalue weighted by molar-refractivity contribution is -0.145. The van der Waals surface area contributed by atoms with Gasteiger partial charge in [0.1, 0.15) is 0 Å². The Morgan fingerprint density at radius 2 is 1.60 bits per heavy atom. The molecule has 2 aromatic rings. The van der Waals surface area contributed by atoms with Crippen molar-refractivity contribution in [2.75, 3.05) is 7.11 Å². The summed E-state index contributed by atoms with van der Waals surface area (Å²) in [6.45, 7) is 1.85. The molecular formula is C22H24O3. The van der Waals surface area contributed by atoms with Crippen LogP contribution in [0.1, 0.15) is 24.5 Å². The molecule has 2 unspecified atom stereocenters. The second-order valence-electron chi connectivity index (χ2n) is 6.44. The number of rotatable bonds is 7. The van der Waals surface area contributed by atoms with Gasteiger partial charge in [0.2, 0.25) is 0 Å². The fraction of sp³-hybridized carbons (Fsp3) is 0.318. The van der Waals surface area contributed by atoms with E-state index in [0.717, 1.165) is 24.0 Å². The molecule has 0 aromatic heterocycles. The van der Waals surface area contributed by atoms with Gasteiger partial charge in [-0.25, -0.2) is 4.79 Å². The number of aryl methyl sites for hydroxylation is 1. The maximum absolute atomic E-state index is 12.1. The Kier molecular flexibility index (Phi) is 5.67. The first kappa shape index (κ1) is 17.4. The van der Waals surface area contributed by atoms with E-state index in [1.165, 1.54) is 11.1 Å². The van der Waals surface area contributed by atoms with E-state index in [1.54, 1.807) is 7.11 Å². The Hall–Kier alpha value is -2.39. The van der Waals surface area contributed by atoms with E-state index in [9.17, 15) is 4.79 Å². The van der Waals surface area contributed by atoms with Crippen LogP contribution in [0.15, 0.2) is 71.8 Å². The van der Waals surface area contributed by atoms with Crippen molar-refractivity contribution in [2.45, 2.75) is 38.4 Å². The molecule has 0 radical (unpaired) electrons. The van der Waals surface area contributed by atoms with Crippen LogP contribution in [0.2, 0.25) is 0 Å². The highest BCUT2D eigenvalue weighted by molar-refractivity contribution is 5.91. The number of cyclic esters (lactones) is 1. The van der Waals surface area contributed by atoms with Crippen molar-refractivity contribution in [3.05, 3.63) is 82.9 Å². The molecule has 1 heterocycles. The van der Waals surface area contributed by atoms with Gasteiger partial charge in [-0.3, -0.25) is 0 Å². The highest BCUT2D eigenvalue weighted by Gasteiger charge is 2.37. The molecule has 1 aliphatic rings. The monoisotopic (exact) mass is 336 g/mol. The van der Waals surface area contributed by atoms with Gasteiger partial charge in [-0.15, -0.1) is 0 Å². The first-order valence-electron chi connectivity index (χ1n) is 8.70. The maximum Gasteiger partial charge on any atom is 0.334 e. The molecule has 0 spiro atoms. The van der Waals surface area contributed by atoms with E-state index < -0.39 is 0 Å². The van der Waals surface area contributed by atoms with Crippen LogP contribution in [-0.2, 0) is 27.1 Å². The number of methoxy groups -OCH3 is 1. The van der Waals surface area contributed by atoms with E-state index in [0.29, 0.717) is 6.42 Å². The second-order valence-corrected chi connectivity index (χ2v) is 6.44. The van der Waals surface area contributed by atoms with Crippen LogP contribution in [0.4, 0.5) is 0 Å². The summed E-state index contributed by atoms with van der Waals surface area (Å²) in [6, 6.07) is 20.5. The zero-order valence-electron chi connectivity index (χ0n) is 14.8. The van der Waals surface area contributed by atoms with E-state index in [1.807, 2.05) is 43.3 Å². The van der Waals surface area contributed by atoms with Crippen molar-refractivity contribution in [1.29, 1.82) is 0 Å². The van der Waals surface area contributed by atoms with E-state index in [2.05, 4.69) is 24.3 Å². The molecule has 0 amide bonds. The number of hydrogen-bond acceptors (Lipinski definition) is 3. The van der Waals surface area contributed by atoms with Crippen molar-refractivity contribution in [3.63, 3.8) is 0 Å². The van der Waals surface area contributed by atoms with Crippen LogP contribution in [0.5, 0.6) is 0 Å². The van der Waals surface area contributed by atoms with Crippen LogP contribution in [0.25, 0.3) is 0 Å². The third kappa shape index (κ3) is 4.18. The second kappa shape index (κ2) is 8.13. The quantitative estimate of drug-likeness (QED) is 0.714. The largest absolute Gasteiger partial charge is 0.452 e. The van der Waals surface area contributed by atoms with Gasteiger partial charge in [-0.05, 0) is 42.9 Å². The van der Waals surface area contributed by atoms with Crippen LogP contribution in [0.3, 0.4) is 0 Å². The predicted molar refractivity (Wildman–Crippen MR) is 98.3 cm³/mol. The summed E-state index contributed by atoms with van der Waals surface area (Å²) in [5.74, 6) is -0.224. The Bertz CT molecular complexity index is 734. The molecular weight excluding hydrogens is 312 g/mol. The molecule has 0 N–H and O–H groups in total. The summed E-state index contributed by atoms with van der Waals surface area (Å²) in [6.07, 6.45) is 1.98. The molecule has 0 saturated heterocycles. The molecule has 3 heteroatoms. The fourth-order valence-electron chi connectivity index (χ4n) is 3.31. The number of carbonyl (C=O) groups excluding carboxylic acids is 1. The van der Waals surface area contributed by atoms with Gasteiger partial charge in [0.25, 0.3) is 0 Å². The molecule has 0 fully saturated rings. The first-order valence-corrected chi connectivity index (χ1v) is 8.70. The normalized spacial score (nSPS) is 18.3. The Balaban J connectivity index is 1.74. The lowest BCUT2D eigenvalue weighted by atomic mass is 9.92. The summed E-state index contributed by atoms with van der Waals surface area (Å²) in [4.78, 5) is 12.1. The van der Waals surface area contributed by atoms with Gasteiger partial charge >= 0.3 is 5.97 Å². The van der Waals surface area contributed by atoms with Crippen molar-refractivity contribution in [1.82, 2.24) is 0 Å². The minimum atomic E-state index is -0.304. The van der Waals surface area contributed by atoms with Gasteiger partial charge in [-0.1, -0.05) is 60.7 Å². The standard InChI is InChI=1S/C22H24O3/c1-16-19(15-18-11-7-4-8-12-18)21(25-22(16)23)20(24-2)14-13-17-9-5-3-6-10-17/h3-12,20-21H,13-15H2,1-2H3. The lowest BCUT2D eigenvalue weighted by Crippen LogP contribution is -2.31. The van der Waals surface area contributed by atoms with Crippen molar-refractivity contribution in [2.24, 2.45) is 0 Å². The summed E-state index contributed by atoms with van der Waals surface area (Å²) in [5, 5.41) is 0. The number of benzene rings is 2. The maximum atomic E-state index is 12.1. The Morgan fingerprint density at radius 1 is 1.00 bits per heavy atom. The molecule has 0 saturated carbocycles. The van der Waals surface area contributed by atoms with E-state index in [-0.39, 0.29) is 18.2 Å². The minimum absolute atomic E-state index is 0.139. The highest BCUT2D eigenvalue weighted by atomic mass is 16.6. The summed E-state index contributed by atoms with van der Waals surface area (Å²) < 4.78 is 11.4. The lowest BCUT2D eigenvalue weighted by Gasteiger charge is -2.24. The molecule has 2 aromatic carbocycles. The SMILES string of the molecule is COC(CCc1ccccc1)C1OC(=O)C(C)=C1Cc1ccccc1. The van der Waals surface area contributed by atoms with Gasteiger partial charge in [-0.2, -0.15) is 0 Å². The number of esters is 1. The van der Waals surface area contributed by atoms with Crippen molar-refractivity contribution < 1.29 is 14.3 Å². The van der Waals surface area contributed by atoms with Crippen LogP contribution in [0, 0.1) is 0 Å². The van der Waals surface area contributed by atoms with Crippen molar-refractivity contribution >= 4 is 5.97 Å². The molecule has 1 aliphatic heterocycles. The predicted octanol–water partition coefficient (Wildman–Crippen LogP) is 4.12. The molecule has 3 rings (SSSR count). The fourth-order valence-corrected chi connectivity index (χ4v) is 3.31. The summed E-state index contributed by atoms with van der Waals surface area (Å²) in [5.41, 5.74) is 4.20. The average molecular weight is 336 g/mol. The molecule has 3 nitrogen and oxygen atoms in total. The first-order chi connectivity index (χ1) is 12.2. The zero-order chi connectivity index (χ0) is 17.6. The number of hydrogen-bond donors (Lipinski definition) is 0. The Labute approximate surface area is 149 Å². The van der Waals surface area contributed by atoms with Crippen LogP contribution in [-0.4, -0.2) is 25.3 Å². The molecule has 25 heavy (non-hydrogen) atoms. The smallest absolute Gasteiger partial charge is 0.334 e. The van der Waals surface area contributed by atoms with Gasteiger partial charge in [0.05, 0.1) is 6.10 Å². The van der Waals surface area contributed by atoms with Gasteiger partial charge in [0, 0.05) is 12.7 Å². The van der Waals surface area contributed by atoms with Crippen LogP contribution < -0.4 is 0 Å². The molecule has 0 aliphatic carbocycles. The van der Waals surface area contributed by atoms with E-state index in [4.69, 9.17) is 9.47 Å². The summed E-state index contributed by atoms with van der Waals surface area (Å²) in [7, 11) is 1.69. The van der Waals surface area contributed by atoms with Gasteiger partial charge < -0.3 is 9.47 Å². The van der Waals surface area contributed by atoms with Gasteiger partial charge in [0.15, 0.2) is 6.10 Å². The van der Waals surface area contributed by atoms with E-state index >= 15 is 0 Å². The zero-order valence-corrected chi connectivity index (χ0v) is 14.8. The topological polar surface area (TPSA) is 35.5 Å². The summed E-state index contributed by atoms with van der Waals surface area (Å²) >= 11 is 0. The third-order valence-electron chi connectivity index (χ3n) is 4.80. The molecule has 130 valence electrons. The molecule has 0 bridgehead atoms. The third-order valence-corrected chi connectivity index (χ3v) is 4.80. The van der Waals surface area contributed by atoms with Crippen LogP contribution >= 0.6 is 0 Å². The highest BCUT2D eigenvalue weighted by Crippen LogP contribution is 2.30. The number of ether oxygens (including phenoxy) is 2. The number of carbonyl (C=O) groups is 1. The molecule has 2 atom stereocenters. The average Bonchev–Trinajstić information content (AvgIpc) is 2.92.